The van der Waals surface area contributed by atoms with Crippen LogP contribution in [-0.4, -0.2) is 42.1 Å². The van der Waals surface area contributed by atoms with Crippen molar-refractivity contribution in [3.63, 3.8) is 0 Å². The van der Waals surface area contributed by atoms with Crippen LogP contribution in [0.2, 0.25) is 0 Å². The Morgan fingerprint density at radius 1 is 1.08 bits per heavy atom. The Balaban J connectivity index is 1.82. The van der Waals surface area contributed by atoms with Crippen LogP contribution >= 0.6 is 11.3 Å². The number of hydrogen-bond acceptors (Lipinski definition) is 5. The Labute approximate surface area is 146 Å². The number of rotatable bonds is 7. The average Bonchev–Trinajstić information content (AvgIpc) is 3.10. The number of benzene rings is 1. The third-order valence-corrected chi connectivity index (χ3v) is 4.47. The van der Waals surface area contributed by atoms with Crippen molar-refractivity contribution in [3.05, 3.63) is 52.5 Å². The molecule has 0 spiro atoms. The number of fused-ring (bicyclic) bond motifs is 1. The Bertz CT molecular complexity index is 809. The molecular weight excluding hydrogens is 316 g/mol. The van der Waals surface area contributed by atoms with E-state index in [4.69, 9.17) is 4.98 Å². The predicted molar refractivity (Wildman–Crippen MR) is 104 cm³/mol. The van der Waals surface area contributed by atoms with Gasteiger partial charge < -0.3 is 10.2 Å². The SMILES string of the molecule is CN(C)CCCNc1nc(/C=C/c2cccs2)nc2ccccc12. The first-order valence-electron chi connectivity index (χ1n) is 8.09. The molecule has 124 valence electrons. The number of aromatic nitrogens is 2. The summed E-state index contributed by atoms with van der Waals surface area (Å²) < 4.78 is 0. The average molecular weight is 338 g/mol. The molecule has 0 amide bonds. The summed E-state index contributed by atoms with van der Waals surface area (Å²) in [6.07, 6.45) is 5.11. The van der Waals surface area contributed by atoms with E-state index >= 15 is 0 Å². The molecule has 5 heteroatoms. The number of thiophene rings is 1. The molecule has 0 aliphatic rings. The van der Waals surface area contributed by atoms with Gasteiger partial charge in [0.25, 0.3) is 0 Å². The highest BCUT2D eigenvalue weighted by atomic mass is 32.1. The molecule has 0 saturated heterocycles. The van der Waals surface area contributed by atoms with Gasteiger partial charge >= 0.3 is 0 Å². The minimum atomic E-state index is 0.734. The van der Waals surface area contributed by atoms with E-state index in [1.165, 1.54) is 4.88 Å². The smallest absolute Gasteiger partial charge is 0.155 e. The molecule has 0 aliphatic heterocycles. The fraction of sp³-hybridized carbons (Fsp3) is 0.263. The second-order valence-electron chi connectivity index (χ2n) is 5.88. The molecule has 2 aromatic heterocycles. The lowest BCUT2D eigenvalue weighted by atomic mass is 10.2. The van der Waals surface area contributed by atoms with Gasteiger partial charge in [0.2, 0.25) is 0 Å². The van der Waals surface area contributed by atoms with E-state index in [9.17, 15) is 0 Å². The normalized spacial score (nSPS) is 11.6. The molecule has 24 heavy (non-hydrogen) atoms. The molecule has 0 aliphatic carbocycles. The van der Waals surface area contributed by atoms with Crippen molar-refractivity contribution in [2.24, 2.45) is 0 Å². The third-order valence-electron chi connectivity index (χ3n) is 3.63. The molecule has 3 rings (SSSR count). The van der Waals surface area contributed by atoms with Crippen LogP contribution in [0, 0.1) is 0 Å². The van der Waals surface area contributed by atoms with E-state index in [0.717, 1.165) is 42.1 Å². The van der Waals surface area contributed by atoms with Crippen molar-refractivity contribution < 1.29 is 0 Å². The minimum Gasteiger partial charge on any atom is -0.369 e. The van der Waals surface area contributed by atoms with Crippen LogP contribution in [0.5, 0.6) is 0 Å². The van der Waals surface area contributed by atoms with E-state index in [1.54, 1.807) is 11.3 Å². The summed E-state index contributed by atoms with van der Waals surface area (Å²) in [4.78, 5) is 12.7. The van der Waals surface area contributed by atoms with Gasteiger partial charge in [-0.1, -0.05) is 18.2 Å². The fourth-order valence-corrected chi connectivity index (χ4v) is 3.07. The number of nitrogens with one attached hydrogen (secondary N) is 1. The van der Waals surface area contributed by atoms with Crippen molar-refractivity contribution in [2.45, 2.75) is 6.42 Å². The summed E-state index contributed by atoms with van der Waals surface area (Å²) in [6.45, 7) is 1.95. The summed E-state index contributed by atoms with van der Waals surface area (Å²) in [6, 6.07) is 12.3. The van der Waals surface area contributed by atoms with Gasteiger partial charge in [-0.3, -0.25) is 0 Å². The predicted octanol–water partition coefficient (Wildman–Crippen LogP) is 4.23. The van der Waals surface area contributed by atoms with Gasteiger partial charge in [0.1, 0.15) is 5.82 Å². The quantitative estimate of drug-likeness (QED) is 0.655. The molecule has 0 saturated carbocycles. The lowest BCUT2D eigenvalue weighted by Gasteiger charge is -2.12. The maximum atomic E-state index is 4.70. The van der Waals surface area contributed by atoms with Gasteiger partial charge in [-0.2, -0.15) is 0 Å². The summed E-state index contributed by atoms with van der Waals surface area (Å²) in [7, 11) is 4.18. The van der Waals surface area contributed by atoms with Gasteiger partial charge in [0, 0.05) is 16.8 Å². The standard InChI is InChI=1S/C19H22N4S/c1-23(2)13-6-12-20-19-16-8-3-4-9-17(16)21-18(22-19)11-10-15-7-5-14-24-15/h3-5,7-11,14H,6,12-13H2,1-2H3,(H,20,21,22)/b11-10+. The van der Waals surface area contributed by atoms with Gasteiger partial charge in [-0.25, -0.2) is 9.97 Å². The molecule has 3 aromatic rings. The van der Waals surface area contributed by atoms with Crippen molar-refractivity contribution in [1.82, 2.24) is 14.9 Å². The first-order valence-corrected chi connectivity index (χ1v) is 8.97. The van der Waals surface area contributed by atoms with Crippen molar-refractivity contribution in [1.29, 1.82) is 0 Å². The summed E-state index contributed by atoms with van der Waals surface area (Å²) in [5.74, 6) is 1.64. The Hall–Kier alpha value is -2.24. The van der Waals surface area contributed by atoms with E-state index in [-0.39, 0.29) is 0 Å². The number of nitrogens with zero attached hydrogens (tertiary/aromatic N) is 3. The fourth-order valence-electron chi connectivity index (χ4n) is 2.45. The number of anilines is 1. The monoisotopic (exact) mass is 338 g/mol. The Morgan fingerprint density at radius 2 is 1.96 bits per heavy atom. The van der Waals surface area contributed by atoms with E-state index in [1.807, 2.05) is 30.3 Å². The first-order chi connectivity index (χ1) is 11.7. The molecular formula is C19H22N4S. The van der Waals surface area contributed by atoms with Crippen molar-refractivity contribution >= 4 is 40.2 Å². The molecule has 0 fully saturated rings. The van der Waals surface area contributed by atoms with E-state index in [0.29, 0.717) is 0 Å². The van der Waals surface area contributed by atoms with Crippen LogP contribution in [0.25, 0.3) is 23.1 Å². The van der Waals surface area contributed by atoms with Gasteiger partial charge in [0.15, 0.2) is 5.82 Å². The van der Waals surface area contributed by atoms with Crippen LogP contribution in [0.3, 0.4) is 0 Å². The van der Waals surface area contributed by atoms with Crippen LogP contribution in [0.4, 0.5) is 5.82 Å². The zero-order chi connectivity index (χ0) is 16.8. The highest BCUT2D eigenvalue weighted by Crippen LogP contribution is 2.21. The number of para-hydroxylation sites is 1. The topological polar surface area (TPSA) is 41.0 Å². The maximum Gasteiger partial charge on any atom is 0.155 e. The molecule has 0 bridgehead atoms. The summed E-state index contributed by atoms with van der Waals surface area (Å²) in [5.41, 5.74) is 0.966. The van der Waals surface area contributed by atoms with Crippen LogP contribution in [0.15, 0.2) is 41.8 Å². The molecule has 2 heterocycles. The lowest BCUT2D eigenvalue weighted by Crippen LogP contribution is -2.16. The largest absolute Gasteiger partial charge is 0.369 e. The van der Waals surface area contributed by atoms with E-state index < -0.39 is 0 Å². The summed E-state index contributed by atoms with van der Waals surface area (Å²) in [5, 5.41) is 6.60. The molecule has 0 unspecified atom stereocenters. The van der Waals surface area contributed by atoms with Crippen molar-refractivity contribution in [2.75, 3.05) is 32.5 Å². The van der Waals surface area contributed by atoms with E-state index in [2.05, 4.69) is 52.9 Å². The molecule has 0 radical (unpaired) electrons. The molecule has 1 N–H and O–H groups in total. The minimum absolute atomic E-state index is 0.734. The van der Waals surface area contributed by atoms with Crippen molar-refractivity contribution in [3.8, 4) is 0 Å². The van der Waals surface area contributed by atoms with Gasteiger partial charge in [-0.05, 0) is 62.8 Å². The molecule has 4 nitrogen and oxygen atoms in total. The summed E-state index contributed by atoms with van der Waals surface area (Å²) >= 11 is 1.71. The van der Waals surface area contributed by atoms with Crippen LogP contribution in [-0.2, 0) is 0 Å². The van der Waals surface area contributed by atoms with Crippen LogP contribution < -0.4 is 5.32 Å². The Morgan fingerprint density at radius 3 is 2.75 bits per heavy atom. The highest BCUT2D eigenvalue weighted by molar-refractivity contribution is 7.10. The zero-order valence-electron chi connectivity index (χ0n) is 14.1. The first kappa shape index (κ1) is 16.6. The third kappa shape index (κ3) is 4.40. The lowest BCUT2D eigenvalue weighted by molar-refractivity contribution is 0.405. The zero-order valence-corrected chi connectivity index (χ0v) is 14.9. The second-order valence-corrected chi connectivity index (χ2v) is 6.86. The van der Waals surface area contributed by atoms with Crippen LogP contribution in [0.1, 0.15) is 17.1 Å². The molecule has 0 atom stereocenters. The second kappa shape index (κ2) is 8.04. The maximum absolute atomic E-state index is 4.70. The molecule has 1 aromatic carbocycles. The van der Waals surface area contributed by atoms with Gasteiger partial charge in [-0.15, -0.1) is 11.3 Å². The Kier molecular flexibility index (Phi) is 5.56. The number of hydrogen-bond donors (Lipinski definition) is 1. The van der Waals surface area contributed by atoms with Gasteiger partial charge in [0.05, 0.1) is 5.52 Å². The highest BCUT2D eigenvalue weighted by Gasteiger charge is 2.05.